The molecule has 0 bridgehead atoms. The lowest BCUT2D eigenvalue weighted by Gasteiger charge is -2.26. The minimum absolute atomic E-state index is 0.209. The van der Waals surface area contributed by atoms with Crippen LogP contribution in [0.15, 0.2) is 36.5 Å². The van der Waals surface area contributed by atoms with Gasteiger partial charge in [0, 0.05) is 12.1 Å². The number of nitriles is 1. The first-order valence-corrected chi connectivity index (χ1v) is 6.84. The average Bonchev–Trinajstić information content (AvgIpc) is 2.91. The van der Waals surface area contributed by atoms with Gasteiger partial charge in [0.1, 0.15) is 23.4 Å². The third-order valence-corrected chi connectivity index (χ3v) is 3.79. The highest BCUT2D eigenvalue weighted by atomic mass is 19.1. The van der Waals surface area contributed by atoms with E-state index in [1.165, 1.54) is 6.20 Å². The van der Waals surface area contributed by atoms with Crippen molar-refractivity contribution in [3.63, 3.8) is 0 Å². The molecule has 1 aromatic heterocycles. The van der Waals surface area contributed by atoms with E-state index in [0.29, 0.717) is 18.7 Å². The highest BCUT2D eigenvalue weighted by Gasteiger charge is 2.34. The fourth-order valence-corrected chi connectivity index (χ4v) is 2.79. The SMILES string of the molecule is N#Cc1ccc(N2C[C@H](O)C[C@@H]2c2cc(F)ccc2F)cn1. The number of aliphatic hydroxyl groups is 1. The molecule has 1 fully saturated rings. The van der Waals surface area contributed by atoms with Crippen molar-refractivity contribution in [2.45, 2.75) is 18.6 Å². The third-order valence-electron chi connectivity index (χ3n) is 3.79. The van der Waals surface area contributed by atoms with Crippen LogP contribution in [0.1, 0.15) is 23.7 Å². The fraction of sp³-hybridized carbons (Fsp3) is 0.250. The molecule has 1 aromatic carbocycles. The molecule has 0 amide bonds. The Morgan fingerprint density at radius 3 is 2.77 bits per heavy atom. The number of anilines is 1. The van der Waals surface area contributed by atoms with E-state index in [2.05, 4.69) is 4.98 Å². The molecule has 1 N–H and O–H groups in total. The van der Waals surface area contributed by atoms with Crippen molar-refractivity contribution in [2.24, 2.45) is 0 Å². The van der Waals surface area contributed by atoms with Gasteiger partial charge in [0.25, 0.3) is 0 Å². The Bertz CT molecular complexity index is 727. The molecule has 0 radical (unpaired) electrons. The molecule has 6 heteroatoms. The zero-order valence-corrected chi connectivity index (χ0v) is 11.6. The van der Waals surface area contributed by atoms with E-state index in [9.17, 15) is 13.9 Å². The van der Waals surface area contributed by atoms with Crippen molar-refractivity contribution < 1.29 is 13.9 Å². The summed E-state index contributed by atoms with van der Waals surface area (Å²) in [6, 6.07) is 8.01. The minimum Gasteiger partial charge on any atom is -0.391 e. The quantitative estimate of drug-likeness (QED) is 0.926. The van der Waals surface area contributed by atoms with E-state index in [1.54, 1.807) is 17.0 Å². The molecule has 3 rings (SSSR count). The number of halogens is 2. The van der Waals surface area contributed by atoms with Gasteiger partial charge in [0.2, 0.25) is 0 Å². The normalized spacial score (nSPS) is 20.9. The van der Waals surface area contributed by atoms with Gasteiger partial charge in [-0.2, -0.15) is 5.26 Å². The van der Waals surface area contributed by atoms with Crippen molar-refractivity contribution in [3.8, 4) is 6.07 Å². The highest BCUT2D eigenvalue weighted by Crippen LogP contribution is 2.37. The summed E-state index contributed by atoms with van der Waals surface area (Å²) < 4.78 is 27.5. The van der Waals surface area contributed by atoms with Crippen LogP contribution in [-0.2, 0) is 0 Å². The molecule has 4 nitrogen and oxygen atoms in total. The number of nitrogens with zero attached hydrogens (tertiary/aromatic N) is 3. The van der Waals surface area contributed by atoms with E-state index >= 15 is 0 Å². The van der Waals surface area contributed by atoms with E-state index < -0.39 is 23.8 Å². The Hall–Kier alpha value is -2.52. The van der Waals surface area contributed by atoms with Crippen molar-refractivity contribution in [1.29, 1.82) is 5.26 Å². The van der Waals surface area contributed by atoms with Crippen LogP contribution in [0.5, 0.6) is 0 Å². The number of pyridine rings is 1. The zero-order chi connectivity index (χ0) is 15.7. The number of hydrogen-bond acceptors (Lipinski definition) is 4. The Morgan fingerprint density at radius 1 is 1.27 bits per heavy atom. The van der Waals surface area contributed by atoms with Crippen LogP contribution in [0, 0.1) is 23.0 Å². The van der Waals surface area contributed by atoms with Crippen LogP contribution >= 0.6 is 0 Å². The van der Waals surface area contributed by atoms with E-state index in [0.717, 1.165) is 18.2 Å². The summed E-state index contributed by atoms with van der Waals surface area (Å²) in [6.07, 6.45) is 1.17. The van der Waals surface area contributed by atoms with Crippen molar-refractivity contribution in [2.75, 3.05) is 11.4 Å². The summed E-state index contributed by atoms with van der Waals surface area (Å²) in [6.45, 7) is 0.300. The molecule has 1 saturated heterocycles. The Labute approximate surface area is 126 Å². The van der Waals surface area contributed by atoms with E-state index in [4.69, 9.17) is 5.26 Å². The maximum absolute atomic E-state index is 14.0. The molecule has 0 unspecified atom stereocenters. The number of hydrogen-bond donors (Lipinski definition) is 1. The lowest BCUT2D eigenvalue weighted by atomic mass is 10.0. The van der Waals surface area contributed by atoms with Gasteiger partial charge < -0.3 is 10.0 Å². The van der Waals surface area contributed by atoms with Gasteiger partial charge in [-0.25, -0.2) is 13.8 Å². The van der Waals surface area contributed by atoms with Gasteiger partial charge in [-0.1, -0.05) is 0 Å². The number of aliphatic hydroxyl groups excluding tert-OH is 1. The van der Waals surface area contributed by atoms with E-state index in [1.807, 2.05) is 6.07 Å². The van der Waals surface area contributed by atoms with Crippen molar-refractivity contribution in [1.82, 2.24) is 4.98 Å². The summed E-state index contributed by atoms with van der Waals surface area (Å²) in [5, 5.41) is 18.7. The largest absolute Gasteiger partial charge is 0.391 e. The molecule has 0 saturated carbocycles. The summed E-state index contributed by atoms with van der Waals surface area (Å²) in [7, 11) is 0. The summed E-state index contributed by atoms with van der Waals surface area (Å²) in [5.74, 6) is -1.03. The smallest absolute Gasteiger partial charge is 0.140 e. The molecule has 0 spiro atoms. The van der Waals surface area contributed by atoms with Crippen LogP contribution in [0.25, 0.3) is 0 Å². The molecule has 0 aliphatic carbocycles. The summed E-state index contributed by atoms with van der Waals surface area (Å²) >= 11 is 0. The molecule has 112 valence electrons. The van der Waals surface area contributed by atoms with Crippen LogP contribution in [0.2, 0.25) is 0 Å². The Kier molecular flexibility index (Phi) is 3.73. The highest BCUT2D eigenvalue weighted by molar-refractivity contribution is 5.50. The summed E-state index contributed by atoms with van der Waals surface area (Å²) in [5.41, 5.74) is 1.14. The molecular weight excluding hydrogens is 288 g/mol. The number of β-amino-alcohol motifs (C(OH)–C–C–N with tert-alkyl or cyclic N) is 1. The molecule has 1 aliphatic heterocycles. The maximum atomic E-state index is 14.0. The van der Waals surface area contributed by atoms with Gasteiger partial charge in [-0.05, 0) is 36.8 Å². The number of aromatic nitrogens is 1. The minimum atomic E-state index is -0.636. The topological polar surface area (TPSA) is 60.2 Å². The number of benzene rings is 1. The fourth-order valence-electron chi connectivity index (χ4n) is 2.79. The second kappa shape index (κ2) is 5.70. The first kappa shape index (κ1) is 14.4. The third kappa shape index (κ3) is 2.63. The van der Waals surface area contributed by atoms with E-state index in [-0.39, 0.29) is 11.3 Å². The second-order valence-electron chi connectivity index (χ2n) is 5.24. The first-order valence-electron chi connectivity index (χ1n) is 6.84. The van der Waals surface area contributed by atoms with Gasteiger partial charge in [0.05, 0.1) is 24.0 Å². The van der Waals surface area contributed by atoms with Gasteiger partial charge >= 0.3 is 0 Å². The van der Waals surface area contributed by atoms with Crippen molar-refractivity contribution in [3.05, 3.63) is 59.4 Å². The van der Waals surface area contributed by atoms with Crippen LogP contribution in [0.4, 0.5) is 14.5 Å². The lowest BCUT2D eigenvalue weighted by molar-refractivity contribution is 0.194. The van der Waals surface area contributed by atoms with Crippen molar-refractivity contribution >= 4 is 5.69 Å². The summed E-state index contributed by atoms with van der Waals surface area (Å²) in [4.78, 5) is 5.76. The molecule has 2 aromatic rings. The van der Waals surface area contributed by atoms with Crippen LogP contribution in [0.3, 0.4) is 0 Å². The second-order valence-corrected chi connectivity index (χ2v) is 5.24. The van der Waals surface area contributed by atoms with Gasteiger partial charge in [0.15, 0.2) is 0 Å². The molecule has 22 heavy (non-hydrogen) atoms. The number of rotatable bonds is 2. The Morgan fingerprint density at radius 2 is 2.09 bits per heavy atom. The molecule has 2 atom stereocenters. The first-order chi connectivity index (χ1) is 10.6. The predicted molar refractivity (Wildman–Crippen MR) is 76.0 cm³/mol. The van der Waals surface area contributed by atoms with Gasteiger partial charge in [-0.15, -0.1) is 0 Å². The molecular formula is C16H13F2N3O. The standard InChI is InChI=1S/C16H13F2N3O/c17-10-1-4-15(18)14(5-10)16-6-13(22)9-21(16)12-3-2-11(7-19)20-8-12/h1-5,8,13,16,22H,6,9H2/t13-,16-/m1/s1. The Balaban J connectivity index is 1.98. The molecule has 1 aliphatic rings. The molecule has 2 heterocycles. The van der Waals surface area contributed by atoms with Gasteiger partial charge in [-0.3, -0.25) is 0 Å². The maximum Gasteiger partial charge on any atom is 0.140 e. The zero-order valence-electron chi connectivity index (χ0n) is 11.6. The predicted octanol–water partition coefficient (Wildman–Crippen LogP) is 2.54. The lowest BCUT2D eigenvalue weighted by Crippen LogP contribution is -2.25. The average molecular weight is 301 g/mol. The van der Waals surface area contributed by atoms with Crippen LogP contribution in [-0.4, -0.2) is 22.7 Å². The monoisotopic (exact) mass is 301 g/mol. The van der Waals surface area contributed by atoms with Crippen LogP contribution < -0.4 is 4.90 Å².